The normalized spacial score (nSPS) is 26.1. The smallest absolute Gasteiger partial charge is 0.221 e. The third-order valence-corrected chi connectivity index (χ3v) is 6.30. The Morgan fingerprint density at radius 1 is 1.06 bits per heavy atom. The van der Waals surface area contributed by atoms with Crippen LogP contribution in [-0.4, -0.2) is 53.4 Å². The van der Waals surface area contributed by atoms with Crippen LogP contribution in [0, 0.1) is 0 Å². The fourth-order valence-electron chi connectivity index (χ4n) is 4.36. The summed E-state index contributed by atoms with van der Waals surface area (Å²) in [6.45, 7) is 3.06. The average Bonchev–Trinajstić information content (AvgIpc) is 3.32. The van der Waals surface area contributed by atoms with Gasteiger partial charge in [-0.1, -0.05) is 23.2 Å². The standard InChI is InChI=1S/C23H26Cl2N2O4/c1-14(28)26-19-12-16(25)4-8-21(19)31-22-9-7-20(23(22)29)27-11-10-18(13-27)30-17-5-2-15(24)3-6-17/h2-6,8,12,18,20,22-23,29H,7,9-11,13H2,1H3,(H,26,28)/t18-,20-,22-,23+/m0/s1. The van der Waals surface area contributed by atoms with Crippen LogP contribution in [-0.2, 0) is 4.79 Å². The highest BCUT2D eigenvalue weighted by molar-refractivity contribution is 6.31. The number of hydrogen-bond donors (Lipinski definition) is 2. The maximum absolute atomic E-state index is 11.5. The molecule has 8 heteroatoms. The van der Waals surface area contributed by atoms with Crippen LogP contribution in [0.25, 0.3) is 0 Å². The van der Waals surface area contributed by atoms with E-state index in [-0.39, 0.29) is 24.2 Å². The molecular weight excluding hydrogens is 439 g/mol. The van der Waals surface area contributed by atoms with Crippen molar-refractivity contribution in [3.8, 4) is 11.5 Å². The average molecular weight is 465 g/mol. The van der Waals surface area contributed by atoms with Gasteiger partial charge in [0.25, 0.3) is 0 Å². The highest BCUT2D eigenvalue weighted by Gasteiger charge is 2.42. The molecule has 0 radical (unpaired) electrons. The lowest BCUT2D eigenvalue weighted by Crippen LogP contribution is -2.44. The number of nitrogens with one attached hydrogen (secondary N) is 1. The molecule has 0 aromatic heterocycles. The number of anilines is 1. The molecule has 2 aromatic rings. The first-order chi connectivity index (χ1) is 14.9. The summed E-state index contributed by atoms with van der Waals surface area (Å²) in [4.78, 5) is 13.8. The molecule has 2 aliphatic rings. The number of rotatable bonds is 6. The highest BCUT2D eigenvalue weighted by Crippen LogP contribution is 2.35. The van der Waals surface area contributed by atoms with E-state index in [9.17, 15) is 9.90 Å². The van der Waals surface area contributed by atoms with Gasteiger partial charge in [-0.05, 0) is 61.7 Å². The van der Waals surface area contributed by atoms with Crippen molar-refractivity contribution >= 4 is 34.8 Å². The molecule has 0 unspecified atom stereocenters. The van der Waals surface area contributed by atoms with Gasteiger partial charge in [0.1, 0.15) is 29.8 Å². The number of likely N-dealkylation sites (tertiary alicyclic amines) is 1. The zero-order valence-electron chi connectivity index (χ0n) is 17.3. The summed E-state index contributed by atoms with van der Waals surface area (Å²) >= 11 is 12.0. The molecule has 1 heterocycles. The van der Waals surface area contributed by atoms with Gasteiger partial charge < -0.3 is 19.9 Å². The van der Waals surface area contributed by atoms with Gasteiger partial charge in [0.15, 0.2) is 0 Å². The molecule has 2 N–H and O–H groups in total. The van der Waals surface area contributed by atoms with Gasteiger partial charge >= 0.3 is 0 Å². The molecule has 31 heavy (non-hydrogen) atoms. The number of nitrogens with zero attached hydrogens (tertiary/aromatic N) is 1. The van der Waals surface area contributed by atoms with Crippen LogP contribution < -0.4 is 14.8 Å². The van der Waals surface area contributed by atoms with E-state index < -0.39 is 6.10 Å². The van der Waals surface area contributed by atoms with Gasteiger partial charge in [-0.15, -0.1) is 0 Å². The minimum absolute atomic E-state index is 0.0142. The van der Waals surface area contributed by atoms with Crippen molar-refractivity contribution in [2.45, 2.75) is 50.5 Å². The topological polar surface area (TPSA) is 71.0 Å². The van der Waals surface area contributed by atoms with Gasteiger partial charge in [-0.25, -0.2) is 0 Å². The van der Waals surface area contributed by atoms with E-state index in [1.165, 1.54) is 6.92 Å². The van der Waals surface area contributed by atoms with Crippen LogP contribution in [0.15, 0.2) is 42.5 Å². The Labute approximate surface area is 192 Å². The molecule has 1 aliphatic heterocycles. The monoisotopic (exact) mass is 464 g/mol. The molecule has 0 bridgehead atoms. The molecule has 1 saturated carbocycles. The lowest BCUT2D eigenvalue weighted by atomic mass is 10.1. The summed E-state index contributed by atoms with van der Waals surface area (Å²) in [6.07, 6.45) is 1.57. The maximum Gasteiger partial charge on any atom is 0.221 e. The van der Waals surface area contributed by atoms with Gasteiger partial charge in [0.2, 0.25) is 5.91 Å². The summed E-state index contributed by atoms with van der Waals surface area (Å²) in [6, 6.07) is 12.5. The number of amides is 1. The van der Waals surface area contributed by atoms with E-state index in [1.54, 1.807) is 18.2 Å². The molecule has 6 nitrogen and oxygen atoms in total. The highest BCUT2D eigenvalue weighted by atomic mass is 35.5. The lowest BCUT2D eigenvalue weighted by Gasteiger charge is -2.28. The fourth-order valence-corrected chi connectivity index (χ4v) is 4.66. The number of carbonyl (C=O) groups excluding carboxylic acids is 1. The Morgan fingerprint density at radius 3 is 2.55 bits per heavy atom. The van der Waals surface area contributed by atoms with Crippen LogP contribution >= 0.6 is 23.2 Å². The van der Waals surface area contributed by atoms with Crippen molar-refractivity contribution in [3.63, 3.8) is 0 Å². The first-order valence-corrected chi connectivity index (χ1v) is 11.2. The van der Waals surface area contributed by atoms with E-state index >= 15 is 0 Å². The predicted octanol–water partition coefficient (Wildman–Crippen LogP) is 4.38. The molecule has 166 valence electrons. The first kappa shape index (κ1) is 22.2. The summed E-state index contributed by atoms with van der Waals surface area (Å²) in [7, 11) is 0. The SMILES string of the molecule is CC(=O)Nc1cc(Cl)ccc1O[C@H]1CC[C@H](N2CC[C@H](Oc3ccc(Cl)cc3)C2)[C@H]1O. The first-order valence-electron chi connectivity index (χ1n) is 10.5. The third kappa shape index (κ3) is 5.44. The second kappa shape index (κ2) is 9.65. The minimum atomic E-state index is -0.630. The second-order valence-electron chi connectivity index (χ2n) is 8.09. The Morgan fingerprint density at radius 2 is 1.81 bits per heavy atom. The van der Waals surface area contributed by atoms with Crippen LogP contribution in [0.4, 0.5) is 5.69 Å². The summed E-state index contributed by atoms with van der Waals surface area (Å²) in [5.41, 5.74) is 0.508. The van der Waals surface area contributed by atoms with Crippen molar-refractivity contribution in [3.05, 3.63) is 52.5 Å². The zero-order chi connectivity index (χ0) is 22.0. The van der Waals surface area contributed by atoms with Gasteiger partial charge in [-0.3, -0.25) is 9.69 Å². The number of benzene rings is 2. The summed E-state index contributed by atoms with van der Waals surface area (Å²) in [5, 5.41) is 14.9. The number of carbonyl (C=O) groups is 1. The van der Waals surface area contributed by atoms with E-state index in [0.29, 0.717) is 21.5 Å². The van der Waals surface area contributed by atoms with E-state index in [2.05, 4.69) is 10.2 Å². The maximum atomic E-state index is 11.5. The largest absolute Gasteiger partial charge is 0.489 e. The Kier molecular flexibility index (Phi) is 6.92. The number of ether oxygens (including phenoxy) is 2. The Balaban J connectivity index is 1.36. The van der Waals surface area contributed by atoms with E-state index in [4.69, 9.17) is 32.7 Å². The molecule has 4 atom stereocenters. The molecule has 0 spiro atoms. The van der Waals surface area contributed by atoms with E-state index in [1.807, 2.05) is 24.3 Å². The lowest BCUT2D eigenvalue weighted by molar-refractivity contribution is -0.114. The van der Waals surface area contributed by atoms with Crippen LogP contribution in [0.2, 0.25) is 10.0 Å². The molecule has 4 rings (SSSR count). The molecule has 1 saturated heterocycles. The Bertz CT molecular complexity index is 924. The van der Waals surface area contributed by atoms with Crippen molar-refractivity contribution in [1.82, 2.24) is 4.90 Å². The minimum Gasteiger partial charge on any atom is -0.489 e. The van der Waals surface area contributed by atoms with Crippen molar-refractivity contribution in [2.24, 2.45) is 0 Å². The fraction of sp³-hybridized carbons (Fsp3) is 0.435. The third-order valence-electron chi connectivity index (χ3n) is 5.81. The van der Waals surface area contributed by atoms with Gasteiger partial charge in [-0.2, -0.15) is 0 Å². The quantitative estimate of drug-likeness (QED) is 0.663. The number of hydrogen-bond acceptors (Lipinski definition) is 5. The molecule has 1 aliphatic carbocycles. The summed E-state index contributed by atoms with van der Waals surface area (Å²) in [5.74, 6) is 1.10. The van der Waals surface area contributed by atoms with Crippen molar-refractivity contribution in [1.29, 1.82) is 0 Å². The Hall–Kier alpha value is -1.99. The van der Waals surface area contributed by atoms with Gasteiger partial charge in [0.05, 0.1) is 5.69 Å². The van der Waals surface area contributed by atoms with Crippen molar-refractivity contribution < 1.29 is 19.4 Å². The molecule has 2 fully saturated rings. The number of aliphatic hydroxyl groups is 1. The zero-order valence-corrected chi connectivity index (χ0v) is 18.8. The van der Waals surface area contributed by atoms with Crippen LogP contribution in [0.1, 0.15) is 26.2 Å². The van der Waals surface area contributed by atoms with Gasteiger partial charge in [0, 0.05) is 36.1 Å². The van der Waals surface area contributed by atoms with Crippen LogP contribution in [0.3, 0.4) is 0 Å². The van der Waals surface area contributed by atoms with Crippen molar-refractivity contribution in [2.75, 3.05) is 18.4 Å². The molecular formula is C23H26Cl2N2O4. The van der Waals surface area contributed by atoms with Crippen LogP contribution in [0.5, 0.6) is 11.5 Å². The summed E-state index contributed by atoms with van der Waals surface area (Å²) < 4.78 is 12.2. The number of aliphatic hydroxyl groups excluding tert-OH is 1. The molecule has 2 aromatic carbocycles. The molecule has 1 amide bonds. The second-order valence-corrected chi connectivity index (χ2v) is 8.96. The number of halogens is 2. The predicted molar refractivity (Wildman–Crippen MR) is 121 cm³/mol. The van der Waals surface area contributed by atoms with E-state index in [0.717, 1.165) is 38.1 Å².